The van der Waals surface area contributed by atoms with E-state index < -0.39 is 14.9 Å². The zero-order valence-electron chi connectivity index (χ0n) is 6.77. The van der Waals surface area contributed by atoms with Crippen LogP contribution in [-0.4, -0.2) is 22.9 Å². The van der Waals surface area contributed by atoms with Crippen molar-refractivity contribution in [2.75, 3.05) is 0 Å². The third-order valence-electron chi connectivity index (χ3n) is 1.71. The van der Waals surface area contributed by atoms with E-state index >= 15 is 0 Å². The predicted octanol–water partition coefficient (Wildman–Crippen LogP) is 0.533. The van der Waals surface area contributed by atoms with Crippen LogP contribution in [0, 0.1) is 0 Å². The number of hydrogen-bond acceptors (Lipinski definition) is 3. The highest BCUT2D eigenvalue weighted by atomic mass is 32.2. The summed E-state index contributed by atoms with van der Waals surface area (Å²) in [5.74, 6) is 0.227. The summed E-state index contributed by atoms with van der Waals surface area (Å²) in [4.78, 5) is 6.39. The summed E-state index contributed by atoms with van der Waals surface area (Å²) in [6.45, 7) is 2.75. The number of hydrogen-bond donors (Lipinski definition) is 2. The van der Waals surface area contributed by atoms with Crippen LogP contribution in [0.5, 0.6) is 0 Å². The molecule has 0 spiro atoms. The van der Waals surface area contributed by atoms with Gasteiger partial charge in [-0.1, -0.05) is 0 Å². The van der Waals surface area contributed by atoms with E-state index in [1.807, 2.05) is 0 Å². The minimum Gasteiger partial charge on any atom is -0.347 e. The van der Waals surface area contributed by atoms with Crippen LogP contribution in [0.4, 0.5) is 0 Å². The molecule has 0 saturated carbocycles. The molecule has 1 heterocycles. The fraction of sp³-hybridized carbons (Fsp3) is 0.500. The van der Waals surface area contributed by atoms with Crippen LogP contribution in [0.3, 0.4) is 0 Å². The Balaban J connectivity index is 3.20. The Labute approximate surface area is 70.6 Å². The Morgan fingerprint density at radius 3 is 2.50 bits per heavy atom. The van der Waals surface area contributed by atoms with Gasteiger partial charge in [-0.15, -0.1) is 0 Å². The van der Waals surface area contributed by atoms with E-state index in [0.717, 1.165) is 0 Å². The molecule has 1 aromatic heterocycles. The zero-order valence-corrected chi connectivity index (χ0v) is 7.59. The van der Waals surface area contributed by atoms with Gasteiger partial charge in [-0.05, 0) is 13.8 Å². The third kappa shape index (κ3) is 1.35. The van der Waals surface area contributed by atoms with E-state index in [2.05, 4.69) is 9.97 Å². The molecule has 0 aliphatic carbocycles. The normalized spacial score (nSPS) is 13.2. The first-order chi connectivity index (χ1) is 5.36. The van der Waals surface area contributed by atoms with Gasteiger partial charge in [-0.3, -0.25) is 4.55 Å². The lowest BCUT2D eigenvalue weighted by molar-refractivity contribution is 0.440. The predicted molar refractivity (Wildman–Crippen MR) is 43.2 cm³/mol. The number of aromatic amines is 1. The van der Waals surface area contributed by atoms with Crippen LogP contribution >= 0.6 is 0 Å². The lowest BCUT2D eigenvalue weighted by Crippen LogP contribution is -2.29. The summed E-state index contributed by atoms with van der Waals surface area (Å²) < 4.78 is 29.1. The Bertz CT molecular complexity index is 352. The van der Waals surface area contributed by atoms with Gasteiger partial charge in [0, 0.05) is 12.4 Å². The monoisotopic (exact) mass is 190 g/mol. The van der Waals surface area contributed by atoms with Gasteiger partial charge < -0.3 is 4.98 Å². The van der Waals surface area contributed by atoms with Crippen LogP contribution in [0.25, 0.3) is 0 Å². The number of nitrogens with one attached hydrogen (secondary N) is 1. The molecule has 6 heteroatoms. The van der Waals surface area contributed by atoms with E-state index in [1.165, 1.54) is 26.2 Å². The molecule has 68 valence electrons. The topological polar surface area (TPSA) is 83.0 Å². The molecule has 0 aliphatic rings. The van der Waals surface area contributed by atoms with Crippen molar-refractivity contribution in [1.29, 1.82) is 0 Å². The van der Waals surface area contributed by atoms with Gasteiger partial charge >= 0.3 is 0 Å². The Hall–Kier alpha value is -0.880. The van der Waals surface area contributed by atoms with Gasteiger partial charge in [-0.25, -0.2) is 4.98 Å². The van der Waals surface area contributed by atoms with Gasteiger partial charge in [-0.2, -0.15) is 8.42 Å². The molecule has 0 aromatic carbocycles. The zero-order chi connectivity index (χ0) is 9.41. The molecule has 0 aliphatic heterocycles. The Kier molecular flexibility index (Phi) is 1.97. The number of rotatable bonds is 2. The molecule has 0 atom stereocenters. The van der Waals surface area contributed by atoms with Gasteiger partial charge in [0.1, 0.15) is 10.6 Å². The van der Waals surface area contributed by atoms with Crippen molar-refractivity contribution in [1.82, 2.24) is 9.97 Å². The summed E-state index contributed by atoms with van der Waals surface area (Å²) in [5.41, 5.74) is 0. The summed E-state index contributed by atoms with van der Waals surface area (Å²) in [5, 5.41) is 0. The van der Waals surface area contributed by atoms with E-state index in [0.29, 0.717) is 0 Å². The molecule has 0 unspecified atom stereocenters. The maximum absolute atomic E-state index is 10.8. The van der Waals surface area contributed by atoms with Crippen molar-refractivity contribution in [2.45, 2.75) is 18.6 Å². The maximum Gasteiger partial charge on any atom is 0.277 e. The largest absolute Gasteiger partial charge is 0.347 e. The average molecular weight is 190 g/mol. The van der Waals surface area contributed by atoms with Crippen molar-refractivity contribution in [3.05, 3.63) is 18.2 Å². The quantitative estimate of drug-likeness (QED) is 0.666. The lowest BCUT2D eigenvalue weighted by Gasteiger charge is -2.17. The molecule has 12 heavy (non-hydrogen) atoms. The van der Waals surface area contributed by atoms with E-state index in [-0.39, 0.29) is 5.82 Å². The van der Waals surface area contributed by atoms with Crippen molar-refractivity contribution in [2.24, 2.45) is 0 Å². The molecule has 5 nitrogen and oxygen atoms in total. The van der Waals surface area contributed by atoms with Crippen molar-refractivity contribution in [3.63, 3.8) is 0 Å². The van der Waals surface area contributed by atoms with Crippen LogP contribution < -0.4 is 0 Å². The van der Waals surface area contributed by atoms with Crippen LogP contribution in [0.1, 0.15) is 19.7 Å². The van der Waals surface area contributed by atoms with Gasteiger partial charge in [0.2, 0.25) is 0 Å². The highest BCUT2D eigenvalue weighted by molar-refractivity contribution is 7.86. The first-order valence-corrected chi connectivity index (χ1v) is 4.76. The summed E-state index contributed by atoms with van der Waals surface area (Å²) in [7, 11) is -4.12. The fourth-order valence-corrected chi connectivity index (χ4v) is 1.07. The molecule has 1 rings (SSSR count). The van der Waals surface area contributed by atoms with Crippen LogP contribution in [-0.2, 0) is 14.9 Å². The SMILES string of the molecule is CC(C)(c1ncc[nH]1)S(=O)(=O)O. The van der Waals surface area contributed by atoms with E-state index in [4.69, 9.17) is 4.55 Å². The summed E-state index contributed by atoms with van der Waals surface area (Å²) in [6.07, 6.45) is 2.94. The third-order valence-corrected chi connectivity index (χ3v) is 3.20. The van der Waals surface area contributed by atoms with Crippen molar-refractivity contribution in [3.8, 4) is 0 Å². The van der Waals surface area contributed by atoms with E-state index in [9.17, 15) is 8.42 Å². The minimum absolute atomic E-state index is 0.227. The van der Waals surface area contributed by atoms with Gasteiger partial charge in [0.25, 0.3) is 10.1 Å². The highest BCUT2D eigenvalue weighted by Crippen LogP contribution is 2.24. The standard InChI is InChI=1S/C6H10N2O3S/c1-6(2,12(9,10)11)5-7-3-4-8-5/h3-4H,1-2H3,(H,7,8)(H,9,10,11). The summed E-state index contributed by atoms with van der Waals surface area (Å²) in [6, 6.07) is 0. The van der Waals surface area contributed by atoms with Crippen LogP contribution in [0.2, 0.25) is 0 Å². The fourth-order valence-electron chi connectivity index (χ4n) is 0.717. The van der Waals surface area contributed by atoms with Crippen LogP contribution in [0.15, 0.2) is 12.4 Å². The molecule has 0 radical (unpaired) electrons. The van der Waals surface area contributed by atoms with Gasteiger partial charge in [0.05, 0.1) is 0 Å². The smallest absolute Gasteiger partial charge is 0.277 e. The second-order valence-electron chi connectivity index (χ2n) is 2.92. The average Bonchev–Trinajstić information content (AvgIpc) is 2.34. The van der Waals surface area contributed by atoms with Crippen molar-refractivity contribution >= 4 is 10.1 Å². The molecular formula is C6H10N2O3S. The molecule has 1 aromatic rings. The molecular weight excluding hydrogens is 180 g/mol. The number of aromatic nitrogens is 2. The maximum atomic E-state index is 10.8. The Morgan fingerprint density at radius 1 is 1.58 bits per heavy atom. The minimum atomic E-state index is -4.12. The second kappa shape index (κ2) is 2.56. The van der Waals surface area contributed by atoms with Gasteiger partial charge in [0.15, 0.2) is 0 Å². The number of imidazole rings is 1. The van der Waals surface area contributed by atoms with Crippen molar-refractivity contribution < 1.29 is 13.0 Å². The summed E-state index contributed by atoms with van der Waals surface area (Å²) >= 11 is 0. The molecule has 0 saturated heterocycles. The molecule has 2 N–H and O–H groups in total. The first kappa shape index (κ1) is 9.21. The lowest BCUT2D eigenvalue weighted by atomic mass is 10.2. The number of nitrogens with zero attached hydrogens (tertiary/aromatic N) is 1. The Morgan fingerprint density at radius 2 is 2.17 bits per heavy atom. The second-order valence-corrected chi connectivity index (χ2v) is 4.89. The highest BCUT2D eigenvalue weighted by Gasteiger charge is 2.36. The molecule has 0 bridgehead atoms. The number of H-pyrrole nitrogens is 1. The molecule has 0 amide bonds. The van der Waals surface area contributed by atoms with E-state index in [1.54, 1.807) is 0 Å². The molecule has 0 fully saturated rings. The first-order valence-electron chi connectivity index (χ1n) is 3.32.